The van der Waals surface area contributed by atoms with Crippen LogP contribution in [0.4, 0.5) is 0 Å². The van der Waals surface area contributed by atoms with E-state index in [-0.39, 0.29) is 5.91 Å². The van der Waals surface area contributed by atoms with Crippen LogP contribution in [0.3, 0.4) is 0 Å². The van der Waals surface area contributed by atoms with Crippen LogP contribution in [0.5, 0.6) is 0 Å². The number of amides is 1. The van der Waals surface area contributed by atoms with Crippen molar-refractivity contribution in [3.63, 3.8) is 0 Å². The third-order valence-electron chi connectivity index (χ3n) is 3.97. The van der Waals surface area contributed by atoms with Gasteiger partial charge in [-0.15, -0.1) is 0 Å². The SMILES string of the molecule is Cc1noc(C2(NC(=O)Cc3ccsc3)CCCCC2)n1. The molecule has 3 rings (SSSR count). The number of carbonyl (C=O) groups excluding carboxylic acids is 1. The molecule has 0 aliphatic heterocycles. The van der Waals surface area contributed by atoms with Gasteiger partial charge < -0.3 is 9.84 Å². The fraction of sp³-hybridized carbons (Fsp3) is 0.533. The number of hydrogen-bond donors (Lipinski definition) is 1. The number of hydrogen-bond acceptors (Lipinski definition) is 5. The number of aryl methyl sites for hydroxylation is 1. The van der Waals surface area contributed by atoms with E-state index in [2.05, 4.69) is 15.5 Å². The largest absolute Gasteiger partial charge is 0.341 e. The van der Waals surface area contributed by atoms with Crippen LogP contribution in [0.2, 0.25) is 0 Å². The third kappa shape index (κ3) is 3.15. The molecular formula is C15H19N3O2S. The standard InChI is InChI=1S/C15H19N3O2S/c1-11-16-14(20-18-11)15(6-3-2-4-7-15)17-13(19)9-12-5-8-21-10-12/h5,8,10H,2-4,6-7,9H2,1H3,(H,17,19). The molecule has 1 aliphatic carbocycles. The number of nitrogens with one attached hydrogen (secondary N) is 1. The van der Waals surface area contributed by atoms with Gasteiger partial charge in [0.2, 0.25) is 5.91 Å². The lowest BCUT2D eigenvalue weighted by molar-refractivity contribution is -0.123. The Balaban J connectivity index is 1.77. The summed E-state index contributed by atoms with van der Waals surface area (Å²) in [5.41, 5.74) is 0.567. The van der Waals surface area contributed by atoms with E-state index in [9.17, 15) is 4.79 Å². The Labute approximate surface area is 127 Å². The van der Waals surface area contributed by atoms with Gasteiger partial charge in [-0.2, -0.15) is 16.3 Å². The van der Waals surface area contributed by atoms with E-state index in [4.69, 9.17) is 4.52 Å². The van der Waals surface area contributed by atoms with Gasteiger partial charge in [0, 0.05) is 0 Å². The maximum Gasteiger partial charge on any atom is 0.252 e. The highest BCUT2D eigenvalue weighted by molar-refractivity contribution is 7.07. The van der Waals surface area contributed by atoms with E-state index >= 15 is 0 Å². The van der Waals surface area contributed by atoms with Gasteiger partial charge in [-0.25, -0.2) is 0 Å². The van der Waals surface area contributed by atoms with Crippen molar-refractivity contribution >= 4 is 17.2 Å². The van der Waals surface area contributed by atoms with Crippen LogP contribution >= 0.6 is 11.3 Å². The van der Waals surface area contributed by atoms with Crippen molar-refractivity contribution in [2.45, 2.75) is 51.0 Å². The minimum absolute atomic E-state index is 0.0196. The van der Waals surface area contributed by atoms with Crippen LogP contribution in [0, 0.1) is 6.92 Å². The van der Waals surface area contributed by atoms with Crippen LogP contribution in [-0.4, -0.2) is 16.0 Å². The Morgan fingerprint density at radius 3 is 2.86 bits per heavy atom. The monoisotopic (exact) mass is 305 g/mol. The van der Waals surface area contributed by atoms with E-state index in [0.29, 0.717) is 18.1 Å². The first kappa shape index (κ1) is 14.3. The lowest BCUT2D eigenvalue weighted by atomic mass is 9.81. The van der Waals surface area contributed by atoms with Crippen molar-refractivity contribution in [1.29, 1.82) is 0 Å². The smallest absolute Gasteiger partial charge is 0.252 e. The highest BCUT2D eigenvalue weighted by Gasteiger charge is 2.40. The van der Waals surface area contributed by atoms with Gasteiger partial charge >= 0.3 is 0 Å². The minimum Gasteiger partial charge on any atom is -0.341 e. The van der Waals surface area contributed by atoms with E-state index in [1.165, 1.54) is 6.42 Å². The Morgan fingerprint density at radius 1 is 1.43 bits per heavy atom. The summed E-state index contributed by atoms with van der Waals surface area (Å²) in [4.78, 5) is 16.7. The third-order valence-corrected chi connectivity index (χ3v) is 4.70. The zero-order valence-electron chi connectivity index (χ0n) is 12.1. The summed E-state index contributed by atoms with van der Waals surface area (Å²) in [6.07, 6.45) is 5.46. The molecule has 2 aromatic rings. The average Bonchev–Trinajstić information content (AvgIpc) is 3.11. The first-order chi connectivity index (χ1) is 10.2. The molecule has 1 aliphatic rings. The molecule has 1 fully saturated rings. The molecule has 1 amide bonds. The van der Waals surface area contributed by atoms with Crippen LogP contribution in [0.15, 0.2) is 21.3 Å². The summed E-state index contributed by atoms with van der Waals surface area (Å²) in [6, 6.07) is 1.98. The van der Waals surface area contributed by atoms with Crippen molar-refractivity contribution in [3.05, 3.63) is 34.1 Å². The maximum atomic E-state index is 12.4. The van der Waals surface area contributed by atoms with Gasteiger partial charge in [0.05, 0.1) is 6.42 Å². The molecule has 1 saturated carbocycles. The first-order valence-electron chi connectivity index (χ1n) is 7.31. The predicted octanol–water partition coefficient (Wildman–Crippen LogP) is 2.96. The Morgan fingerprint density at radius 2 is 2.24 bits per heavy atom. The molecule has 0 saturated heterocycles. The van der Waals surface area contributed by atoms with Crippen LogP contribution in [0.1, 0.15) is 49.4 Å². The van der Waals surface area contributed by atoms with Gasteiger partial charge in [0.15, 0.2) is 5.82 Å². The second-order valence-corrected chi connectivity index (χ2v) is 6.43. The number of rotatable bonds is 4. The van der Waals surface area contributed by atoms with Crippen molar-refractivity contribution in [1.82, 2.24) is 15.5 Å². The van der Waals surface area contributed by atoms with Crippen LogP contribution < -0.4 is 5.32 Å². The van der Waals surface area contributed by atoms with Crippen molar-refractivity contribution in [2.24, 2.45) is 0 Å². The molecule has 5 nitrogen and oxygen atoms in total. The van der Waals surface area contributed by atoms with Crippen LogP contribution in [-0.2, 0) is 16.8 Å². The average molecular weight is 305 g/mol. The predicted molar refractivity (Wildman–Crippen MR) is 80.0 cm³/mol. The molecule has 21 heavy (non-hydrogen) atoms. The molecule has 2 heterocycles. The van der Waals surface area contributed by atoms with Crippen molar-refractivity contribution < 1.29 is 9.32 Å². The Kier molecular flexibility index (Phi) is 4.05. The van der Waals surface area contributed by atoms with E-state index in [0.717, 1.165) is 31.2 Å². The quantitative estimate of drug-likeness (QED) is 0.943. The highest BCUT2D eigenvalue weighted by atomic mass is 32.1. The van der Waals surface area contributed by atoms with E-state index in [1.807, 2.05) is 16.8 Å². The molecule has 0 spiro atoms. The normalized spacial score (nSPS) is 17.6. The molecule has 6 heteroatoms. The fourth-order valence-electron chi connectivity index (χ4n) is 2.93. The molecular weight excluding hydrogens is 286 g/mol. The molecule has 0 atom stereocenters. The Bertz CT molecular complexity index is 600. The van der Waals surface area contributed by atoms with Gasteiger partial charge in [0.25, 0.3) is 5.89 Å². The lowest BCUT2D eigenvalue weighted by Crippen LogP contribution is -2.48. The van der Waals surface area contributed by atoms with Gasteiger partial charge in [-0.05, 0) is 42.2 Å². The molecule has 2 aromatic heterocycles. The molecule has 0 radical (unpaired) electrons. The number of carbonyl (C=O) groups is 1. The molecule has 112 valence electrons. The highest BCUT2D eigenvalue weighted by Crippen LogP contribution is 2.36. The second-order valence-electron chi connectivity index (χ2n) is 5.65. The van der Waals surface area contributed by atoms with Crippen molar-refractivity contribution in [2.75, 3.05) is 0 Å². The minimum atomic E-state index is -0.480. The molecule has 0 bridgehead atoms. The van der Waals surface area contributed by atoms with Gasteiger partial charge in [-0.3, -0.25) is 4.79 Å². The Hall–Kier alpha value is -1.69. The second kappa shape index (κ2) is 5.97. The lowest BCUT2D eigenvalue weighted by Gasteiger charge is -2.34. The maximum absolute atomic E-state index is 12.4. The summed E-state index contributed by atoms with van der Waals surface area (Å²) in [5, 5.41) is 11.0. The van der Waals surface area contributed by atoms with E-state index < -0.39 is 5.54 Å². The summed E-state index contributed by atoms with van der Waals surface area (Å²) in [7, 11) is 0. The summed E-state index contributed by atoms with van der Waals surface area (Å²) < 4.78 is 5.37. The number of aromatic nitrogens is 2. The zero-order valence-corrected chi connectivity index (χ0v) is 12.9. The first-order valence-corrected chi connectivity index (χ1v) is 8.25. The van der Waals surface area contributed by atoms with Crippen LogP contribution in [0.25, 0.3) is 0 Å². The van der Waals surface area contributed by atoms with Gasteiger partial charge in [-0.1, -0.05) is 24.4 Å². The van der Waals surface area contributed by atoms with Crippen molar-refractivity contribution in [3.8, 4) is 0 Å². The summed E-state index contributed by atoms with van der Waals surface area (Å²) in [6.45, 7) is 1.80. The molecule has 1 N–H and O–H groups in total. The van der Waals surface area contributed by atoms with Gasteiger partial charge in [0.1, 0.15) is 5.54 Å². The topological polar surface area (TPSA) is 68.0 Å². The fourth-order valence-corrected chi connectivity index (χ4v) is 3.60. The molecule has 0 aromatic carbocycles. The zero-order chi connectivity index (χ0) is 14.7. The molecule has 0 unspecified atom stereocenters. The summed E-state index contributed by atoms with van der Waals surface area (Å²) in [5.74, 6) is 1.19. The number of thiophene rings is 1. The van der Waals surface area contributed by atoms with E-state index in [1.54, 1.807) is 18.3 Å². The summed E-state index contributed by atoms with van der Waals surface area (Å²) >= 11 is 1.61. The number of nitrogens with zero attached hydrogens (tertiary/aromatic N) is 2.